The van der Waals surface area contributed by atoms with E-state index in [4.69, 9.17) is 0 Å². The largest absolute Gasteiger partial charge is 0.367 e. The van der Waals surface area contributed by atoms with Crippen molar-refractivity contribution in [3.8, 4) is 10.4 Å². The molecule has 8 heteroatoms. The third-order valence-corrected chi connectivity index (χ3v) is 9.55. The third kappa shape index (κ3) is 4.46. The van der Waals surface area contributed by atoms with Crippen molar-refractivity contribution in [2.45, 2.75) is 102 Å². The first-order valence-electron chi connectivity index (χ1n) is 13.4. The third-order valence-electron chi connectivity index (χ3n) is 8.46. The van der Waals surface area contributed by atoms with Crippen molar-refractivity contribution in [2.24, 2.45) is 5.92 Å². The van der Waals surface area contributed by atoms with Crippen LogP contribution in [-0.4, -0.2) is 50.8 Å². The van der Waals surface area contributed by atoms with Gasteiger partial charge in [-0.05, 0) is 82.8 Å². The lowest BCUT2D eigenvalue weighted by Gasteiger charge is -2.21. The molecule has 0 aromatic carbocycles. The Morgan fingerprint density at radius 1 is 1.06 bits per heavy atom. The molecule has 2 saturated carbocycles. The number of pyridine rings is 1. The minimum Gasteiger partial charge on any atom is -0.367 e. The minimum atomic E-state index is -0.159. The van der Waals surface area contributed by atoms with E-state index in [1.54, 1.807) is 0 Å². The van der Waals surface area contributed by atoms with E-state index in [-0.39, 0.29) is 17.9 Å². The Labute approximate surface area is 211 Å². The fraction of sp³-hybridized carbons (Fsp3) is 0.630. The molecule has 2 bridgehead atoms. The molecule has 35 heavy (non-hydrogen) atoms. The second-order valence-electron chi connectivity index (χ2n) is 11.0. The molecule has 7 nitrogen and oxygen atoms in total. The summed E-state index contributed by atoms with van der Waals surface area (Å²) in [6.07, 6.45) is 13.0. The second kappa shape index (κ2) is 9.19. The van der Waals surface area contributed by atoms with Gasteiger partial charge in [-0.2, -0.15) is 0 Å². The fourth-order valence-corrected chi connectivity index (χ4v) is 7.28. The number of carbonyl (C=O) groups excluding carboxylic acids is 2. The number of aryl methyl sites for hydroxylation is 1. The Kier molecular flexibility index (Phi) is 6.03. The molecule has 2 N–H and O–H groups in total. The Morgan fingerprint density at radius 2 is 1.74 bits per heavy atom. The number of rotatable bonds is 7. The number of amides is 2. The molecule has 2 aromatic heterocycles. The zero-order valence-corrected chi connectivity index (χ0v) is 21.5. The topological polar surface area (TPSA) is 87.2 Å². The molecule has 2 amide bonds. The maximum atomic E-state index is 13.8. The molecule has 4 heterocycles. The molecule has 1 atom stereocenters. The highest BCUT2D eigenvalue weighted by Crippen LogP contribution is 2.41. The molecule has 186 valence electrons. The van der Waals surface area contributed by atoms with E-state index < -0.39 is 0 Å². The maximum absolute atomic E-state index is 13.8. The zero-order chi connectivity index (χ0) is 24.1. The summed E-state index contributed by atoms with van der Waals surface area (Å²) in [4.78, 5) is 39.1. The molecule has 0 unspecified atom stereocenters. The summed E-state index contributed by atoms with van der Waals surface area (Å²) >= 11 is 1.33. The second-order valence-corrected chi connectivity index (χ2v) is 12.0. The molecule has 4 aliphatic rings. The van der Waals surface area contributed by atoms with Crippen LogP contribution in [0.5, 0.6) is 0 Å². The number of nitrogens with zero attached hydrogens (tertiary/aromatic N) is 3. The highest BCUT2D eigenvalue weighted by atomic mass is 32.1. The van der Waals surface area contributed by atoms with Crippen LogP contribution in [0.25, 0.3) is 10.4 Å². The first kappa shape index (κ1) is 23.0. The number of nitrogens with one attached hydrogen (secondary N) is 2. The van der Waals surface area contributed by atoms with Gasteiger partial charge in [-0.3, -0.25) is 9.59 Å². The van der Waals surface area contributed by atoms with Gasteiger partial charge in [0.25, 0.3) is 11.8 Å². The van der Waals surface area contributed by atoms with E-state index in [1.807, 2.05) is 11.1 Å². The SMILES string of the molecule is Cc1cc(N[C@H](C)C2CC2)ncc1-c1sc(C(=O)NC2CCCC2)nc1C(=O)N1C2CCC1CC2. The normalized spacial score (nSPS) is 24.7. The molecule has 0 radical (unpaired) electrons. The smallest absolute Gasteiger partial charge is 0.280 e. The van der Waals surface area contributed by atoms with Gasteiger partial charge in [0, 0.05) is 35.9 Å². The molecule has 2 aliphatic carbocycles. The van der Waals surface area contributed by atoms with Crippen LogP contribution in [-0.2, 0) is 0 Å². The summed E-state index contributed by atoms with van der Waals surface area (Å²) < 4.78 is 0. The van der Waals surface area contributed by atoms with Crippen LogP contribution >= 0.6 is 11.3 Å². The Bertz CT molecular complexity index is 1120. The van der Waals surface area contributed by atoms with Crippen LogP contribution in [0.3, 0.4) is 0 Å². The number of aromatic nitrogens is 2. The number of fused-ring (bicyclic) bond motifs is 2. The summed E-state index contributed by atoms with van der Waals surface area (Å²) in [7, 11) is 0. The van der Waals surface area contributed by atoms with E-state index in [0.29, 0.717) is 28.8 Å². The predicted octanol–water partition coefficient (Wildman–Crippen LogP) is 5.16. The van der Waals surface area contributed by atoms with Gasteiger partial charge in [0.1, 0.15) is 11.5 Å². The molecule has 4 fully saturated rings. The predicted molar refractivity (Wildman–Crippen MR) is 138 cm³/mol. The monoisotopic (exact) mass is 493 g/mol. The van der Waals surface area contributed by atoms with Crippen LogP contribution in [0.2, 0.25) is 0 Å². The minimum absolute atomic E-state index is 0.0230. The number of carbonyl (C=O) groups is 2. The highest BCUT2D eigenvalue weighted by molar-refractivity contribution is 7.17. The first-order valence-corrected chi connectivity index (χ1v) is 14.2. The van der Waals surface area contributed by atoms with Gasteiger partial charge in [0.15, 0.2) is 5.01 Å². The van der Waals surface area contributed by atoms with E-state index in [2.05, 4.69) is 40.5 Å². The molecule has 0 spiro atoms. The average Bonchev–Trinajstić information content (AvgIpc) is 3.21. The Morgan fingerprint density at radius 3 is 2.37 bits per heavy atom. The van der Waals surface area contributed by atoms with Gasteiger partial charge in [0.05, 0.1) is 4.88 Å². The van der Waals surface area contributed by atoms with Gasteiger partial charge in [0.2, 0.25) is 0 Å². The molecular formula is C27H35N5O2S. The number of thiazole rings is 1. The fourth-order valence-electron chi connectivity index (χ4n) is 6.25. The highest BCUT2D eigenvalue weighted by Gasteiger charge is 2.44. The summed E-state index contributed by atoms with van der Waals surface area (Å²) in [6, 6.07) is 3.30. The van der Waals surface area contributed by atoms with Crippen molar-refractivity contribution in [2.75, 3.05) is 5.32 Å². The summed E-state index contributed by atoms with van der Waals surface area (Å²) in [6.45, 7) is 4.26. The van der Waals surface area contributed by atoms with Crippen LogP contribution < -0.4 is 10.6 Å². The van der Waals surface area contributed by atoms with Crippen LogP contribution in [0.4, 0.5) is 5.82 Å². The van der Waals surface area contributed by atoms with Crippen molar-refractivity contribution in [3.63, 3.8) is 0 Å². The molecule has 2 aliphatic heterocycles. The lowest BCUT2D eigenvalue weighted by atomic mass is 10.0. The van der Waals surface area contributed by atoms with Crippen molar-refractivity contribution >= 4 is 29.0 Å². The van der Waals surface area contributed by atoms with Gasteiger partial charge in [-0.15, -0.1) is 11.3 Å². The Hall–Kier alpha value is -2.48. The van der Waals surface area contributed by atoms with Gasteiger partial charge in [-0.1, -0.05) is 12.8 Å². The zero-order valence-electron chi connectivity index (χ0n) is 20.7. The lowest BCUT2D eigenvalue weighted by Crippen LogP contribution is -2.36. The van der Waals surface area contributed by atoms with Crippen LogP contribution in [0.1, 0.15) is 97.0 Å². The lowest BCUT2D eigenvalue weighted by molar-refractivity contribution is 0.0725. The van der Waals surface area contributed by atoms with Crippen molar-refractivity contribution in [1.82, 2.24) is 20.2 Å². The first-order chi connectivity index (χ1) is 17.0. The van der Waals surface area contributed by atoms with E-state index in [9.17, 15) is 9.59 Å². The summed E-state index contributed by atoms with van der Waals surface area (Å²) in [5.74, 6) is 1.41. The van der Waals surface area contributed by atoms with Gasteiger partial charge < -0.3 is 15.5 Å². The van der Waals surface area contributed by atoms with Crippen LogP contribution in [0.15, 0.2) is 12.3 Å². The van der Waals surface area contributed by atoms with E-state index >= 15 is 0 Å². The quantitative estimate of drug-likeness (QED) is 0.556. The van der Waals surface area contributed by atoms with Gasteiger partial charge in [-0.25, -0.2) is 9.97 Å². The van der Waals surface area contributed by atoms with Crippen molar-refractivity contribution in [1.29, 1.82) is 0 Å². The van der Waals surface area contributed by atoms with Crippen LogP contribution in [0, 0.1) is 12.8 Å². The summed E-state index contributed by atoms with van der Waals surface area (Å²) in [5.41, 5.74) is 2.35. The summed E-state index contributed by atoms with van der Waals surface area (Å²) in [5, 5.41) is 7.05. The number of anilines is 1. The van der Waals surface area contributed by atoms with Gasteiger partial charge >= 0.3 is 0 Å². The average molecular weight is 494 g/mol. The maximum Gasteiger partial charge on any atom is 0.280 e. The van der Waals surface area contributed by atoms with E-state index in [0.717, 1.165) is 79.1 Å². The number of hydrogen-bond acceptors (Lipinski definition) is 6. The van der Waals surface area contributed by atoms with Crippen molar-refractivity contribution < 1.29 is 9.59 Å². The molecule has 2 aromatic rings. The van der Waals surface area contributed by atoms with Crippen molar-refractivity contribution in [3.05, 3.63) is 28.5 Å². The molecule has 2 saturated heterocycles. The molecule has 6 rings (SSSR count). The van der Waals surface area contributed by atoms with E-state index in [1.165, 1.54) is 24.2 Å². The Balaban J connectivity index is 1.32. The molecular weight excluding hydrogens is 458 g/mol. The standard InChI is InChI=1S/C27H35N5O2S/c1-15-13-22(29-16(2)17-7-8-17)28-14-21(15)24-23(27(34)32-19-9-10-20(32)12-11-19)31-26(35-24)25(33)30-18-5-3-4-6-18/h13-14,16-20H,3-12H2,1-2H3,(H,28,29)(H,30,33)/t16-,19?,20?/m1/s1. The number of hydrogen-bond donors (Lipinski definition) is 2.